The van der Waals surface area contributed by atoms with Gasteiger partial charge in [0, 0.05) is 0 Å². The first-order chi connectivity index (χ1) is 5.87. The lowest BCUT2D eigenvalue weighted by Crippen LogP contribution is -2.51. The van der Waals surface area contributed by atoms with Crippen molar-refractivity contribution in [1.29, 1.82) is 0 Å². The number of rotatable bonds is 0. The van der Waals surface area contributed by atoms with E-state index in [0.29, 0.717) is 10.8 Å². The Morgan fingerprint density at radius 3 is 1.54 bits per heavy atom. The van der Waals surface area contributed by atoms with Crippen molar-refractivity contribution in [2.45, 2.75) is 64.9 Å². The van der Waals surface area contributed by atoms with Gasteiger partial charge in [-0.3, -0.25) is 0 Å². The fourth-order valence-electron chi connectivity index (χ4n) is 3.29. The largest absolute Gasteiger partial charge is 0.390 e. The van der Waals surface area contributed by atoms with E-state index in [1.807, 2.05) is 0 Å². The van der Waals surface area contributed by atoms with E-state index in [2.05, 4.69) is 20.8 Å². The Kier molecular flexibility index (Phi) is 1.83. The van der Waals surface area contributed by atoms with Crippen LogP contribution in [0.25, 0.3) is 0 Å². The molecule has 1 nitrogen and oxygen atoms in total. The van der Waals surface area contributed by atoms with Gasteiger partial charge in [-0.2, -0.15) is 0 Å². The molecule has 3 saturated carbocycles. The van der Waals surface area contributed by atoms with E-state index in [1.54, 1.807) is 0 Å². The van der Waals surface area contributed by atoms with Crippen molar-refractivity contribution in [2.75, 3.05) is 0 Å². The van der Waals surface area contributed by atoms with Gasteiger partial charge in [-0.05, 0) is 49.4 Å². The number of aliphatic hydroxyl groups is 1. The third kappa shape index (κ3) is 1.32. The Balaban J connectivity index is 2.20. The third-order valence-electron chi connectivity index (χ3n) is 4.80. The molecule has 3 aliphatic rings. The van der Waals surface area contributed by atoms with E-state index in [-0.39, 0.29) is 5.60 Å². The highest BCUT2D eigenvalue weighted by Crippen LogP contribution is 2.59. The zero-order chi connectivity index (χ0) is 9.74. The fraction of sp³-hybridized carbons (Fsp3) is 1.00. The lowest BCUT2D eigenvalue weighted by atomic mass is 9.50. The number of hydrogen-bond donors (Lipinski definition) is 1. The van der Waals surface area contributed by atoms with E-state index in [9.17, 15) is 5.11 Å². The van der Waals surface area contributed by atoms with Gasteiger partial charge in [-0.15, -0.1) is 0 Å². The molecule has 13 heavy (non-hydrogen) atoms. The standard InChI is InChI=1S/C12H22O/c1-10(2,3)11-4-7-12(13,8-5-11)9-6-11/h13H,4-9H2,1-3H3. The summed E-state index contributed by atoms with van der Waals surface area (Å²) in [4.78, 5) is 0. The molecule has 1 heteroatoms. The molecule has 3 aliphatic carbocycles. The normalized spacial score (nSPS) is 45.2. The van der Waals surface area contributed by atoms with E-state index >= 15 is 0 Å². The molecule has 76 valence electrons. The van der Waals surface area contributed by atoms with Gasteiger partial charge in [-0.1, -0.05) is 20.8 Å². The first-order valence-corrected chi connectivity index (χ1v) is 5.59. The molecule has 2 bridgehead atoms. The van der Waals surface area contributed by atoms with E-state index in [4.69, 9.17) is 0 Å². The topological polar surface area (TPSA) is 20.2 Å². The number of hydrogen-bond acceptors (Lipinski definition) is 1. The van der Waals surface area contributed by atoms with Gasteiger partial charge in [0.25, 0.3) is 0 Å². The molecule has 0 atom stereocenters. The van der Waals surface area contributed by atoms with Crippen molar-refractivity contribution >= 4 is 0 Å². The average molecular weight is 182 g/mol. The molecule has 0 saturated heterocycles. The summed E-state index contributed by atoms with van der Waals surface area (Å²) >= 11 is 0. The molecule has 0 heterocycles. The van der Waals surface area contributed by atoms with Gasteiger partial charge >= 0.3 is 0 Å². The molecule has 3 fully saturated rings. The average Bonchev–Trinajstić information content (AvgIpc) is 2.04. The van der Waals surface area contributed by atoms with Crippen LogP contribution in [0.3, 0.4) is 0 Å². The summed E-state index contributed by atoms with van der Waals surface area (Å²) in [6.45, 7) is 7.09. The quantitative estimate of drug-likeness (QED) is 0.610. The van der Waals surface area contributed by atoms with Gasteiger partial charge in [0.05, 0.1) is 5.60 Å². The smallest absolute Gasteiger partial charge is 0.0648 e. The molecule has 0 aromatic carbocycles. The molecular weight excluding hydrogens is 160 g/mol. The van der Waals surface area contributed by atoms with Crippen LogP contribution in [0.1, 0.15) is 59.3 Å². The van der Waals surface area contributed by atoms with Crippen LogP contribution in [0.15, 0.2) is 0 Å². The van der Waals surface area contributed by atoms with Gasteiger partial charge in [0.1, 0.15) is 0 Å². The van der Waals surface area contributed by atoms with Gasteiger partial charge in [0.15, 0.2) is 0 Å². The third-order valence-corrected chi connectivity index (χ3v) is 4.80. The zero-order valence-electron chi connectivity index (χ0n) is 9.19. The summed E-state index contributed by atoms with van der Waals surface area (Å²) in [5.74, 6) is 0. The van der Waals surface area contributed by atoms with Crippen molar-refractivity contribution in [1.82, 2.24) is 0 Å². The maximum Gasteiger partial charge on any atom is 0.0648 e. The predicted molar refractivity (Wildman–Crippen MR) is 54.5 cm³/mol. The second-order valence-electron chi connectivity index (χ2n) is 6.25. The molecule has 0 aliphatic heterocycles. The van der Waals surface area contributed by atoms with Crippen LogP contribution in [0.4, 0.5) is 0 Å². The minimum atomic E-state index is -0.271. The number of fused-ring (bicyclic) bond motifs is 3. The van der Waals surface area contributed by atoms with Crippen molar-refractivity contribution in [3.8, 4) is 0 Å². The molecule has 3 rings (SSSR count). The Hall–Kier alpha value is -0.0400. The molecule has 0 aromatic rings. The van der Waals surface area contributed by atoms with Crippen molar-refractivity contribution < 1.29 is 5.11 Å². The SMILES string of the molecule is CC(C)(C)C12CCC(O)(CC1)CC2. The Bertz CT molecular complexity index is 187. The summed E-state index contributed by atoms with van der Waals surface area (Å²) in [6, 6.07) is 0. The first kappa shape index (κ1) is 9.51. The molecule has 0 radical (unpaired) electrons. The fourth-order valence-corrected chi connectivity index (χ4v) is 3.29. The molecule has 0 aromatic heterocycles. The van der Waals surface area contributed by atoms with Gasteiger partial charge in [0.2, 0.25) is 0 Å². The van der Waals surface area contributed by atoms with Crippen molar-refractivity contribution in [3.05, 3.63) is 0 Å². The summed E-state index contributed by atoms with van der Waals surface area (Å²) in [5, 5.41) is 10.1. The molecular formula is C12H22O. The lowest BCUT2D eigenvalue weighted by molar-refractivity contribution is -0.129. The molecule has 0 unspecified atom stereocenters. The van der Waals surface area contributed by atoms with Crippen LogP contribution >= 0.6 is 0 Å². The van der Waals surface area contributed by atoms with Crippen molar-refractivity contribution in [3.63, 3.8) is 0 Å². The van der Waals surface area contributed by atoms with Crippen molar-refractivity contribution in [2.24, 2.45) is 10.8 Å². The van der Waals surface area contributed by atoms with Gasteiger partial charge < -0.3 is 5.11 Å². The van der Waals surface area contributed by atoms with Crippen LogP contribution in [-0.4, -0.2) is 10.7 Å². The minimum Gasteiger partial charge on any atom is -0.390 e. The van der Waals surface area contributed by atoms with Crippen LogP contribution < -0.4 is 0 Å². The van der Waals surface area contributed by atoms with E-state index in [0.717, 1.165) is 19.3 Å². The molecule has 0 amide bonds. The highest BCUT2D eigenvalue weighted by molar-refractivity contribution is 5.04. The lowest BCUT2D eigenvalue weighted by Gasteiger charge is -2.57. The summed E-state index contributed by atoms with van der Waals surface area (Å²) < 4.78 is 0. The summed E-state index contributed by atoms with van der Waals surface area (Å²) in [6.07, 6.45) is 6.87. The maximum absolute atomic E-state index is 10.1. The molecule has 1 N–H and O–H groups in total. The highest BCUT2D eigenvalue weighted by atomic mass is 16.3. The predicted octanol–water partition coefficient (Wildman–Crippen LogP) is 3.12. The zero-order valence-corrected chi connectivity index (χ0v) is 9.19. The van der Waals surface area contributed by atoms with Crippen LogP contribution in [0.2, 0.25) is 0 Å². The minimum absolute atomic E-state index is 0.271. The van der Waals surface area contributed by atoms with Gasteiger partial charge in [-0.25, -0.2) is 0 Å². The maximum atomic E-state index is 10.1. The Morgan fingerprint density at radius 1 is 0.846 bits per heavy atom. The van der Waals surface area contributed by atoms with Crippen LogP contribution in [0.5, 0.6) is 0 Å². The van der Waals surface area contributed by atoms with Crippen LogP contribution in [0, 0.1) is 10.8 Å². The van der Waals surface area contributed by atoms with E-state index < -0.39 is 0 Å². The van der Waals surface area contributed by atoms with E-state index in [1.165, 1.54) is 19.3 Å². The second-order valence-corrected chi connectivity index (χ2v) is 6.25. The second kappa shape index (κ2) is 2.50. The summed E-state index contributed by atoms with van der Waals surface area (Å²) in [5.41, 5.74) is 0.694. The Labute approximate surface area is 81.5 Å². The highest BCUT2D eigenvalue weighted by Gasteiger charge is 2.52. The summed E-state index contributed by atoms with van der Waals surface area (Å²) in [7, 11) is 0. The first-order valence-electron chi connectivity index (χ1n) is 5.59. The monoisotopic (exact) mass is 182 g/mol. The Morgan fingerprint density at radius 2 is 1.23 bits per heavy atom. The van der Waals surface area contributed by atoms with Crippen LogP contribution in [-0.2, 0) is 0 Å². The molecule has 0 spiro atoms.